The van der Waals surface area contributed by atoms with Crippen LogP contribution in [0.5, 0.6) is 0 Å². The van der Waals surface area contributed by atoms with E-state index in [1.54, 1.807) is 4.90 Å². The third-order valence-electron chi connectivity index (χ3n) is 6.10. The Hall–Kier alpha value is -2.60. The van der Waals surface area contributed by atoms with Crippen LogP contribution in [0.2, 0.25) is 0 Å². The van der Waals surface area contributed by atoms with Gasteiger partial charge in [-0.2, -0.15) is 0 Å². The van der Waals surface area contributed by atoms with Crippen LogP contribution in [-0.4, -0.2) is 70.9 Å². The molecule has 1 aromatic heterocycles. The molecule has 1 atom stereocenters. The minimum Gasteiger partial charge on any atom is -0.349 e. The fraction of sp³-hybridized carbons (Fsp3) is 0.455. The Morgan fingerprint density at radius 3 is 2.54 bits per heavy atom. The van der Waals surface area contributed by atoms with Crippen molar-refractivity contribution in [2.75, 3.05) is 33.7 Å². The van der Waals surface area contributed by atoms with Gasteiger partial charge in [-0.15, -0.1) is 0 Å². The molecular formula is C22H28N4O2. The molecule has 6 heteroatoms. The second-order valence-corrected chi connectivity index (χ2v) is 8.06. The summed E-state index contributed by atoms with van der Waals surface area (Å²) in [4.78, 5) is 31.2. The number of amides is 2. The lowest BCUT2D eigenvalue weighted by molar-refractivity contribution is -0.130. The molecule has 1 unspecified atom stereocenters. The van der Waals surface area contributed by atoms with Crippen molar-refractivity contribution in [2.45, 2.75) is 24.9 Å². The molecule has 1 aromatic carbocycles. The van der Waals surface area contributed by atoms with Crippen LogP contribution < -0.4 is 0 Å². The highest BCUT2D eigenvalue weighted by atomic mass is 16.2. The summed E-state index contributed by atoms with van der Waals surface area (Å²) in [6.07, 6.45) is 3.37. The predicted molar refractivity (Wildman–Crippen MR) is 108 cm³/mol. The van der Waals surface area contributed by atoms with Gasteiger partial charge in [-0.1, -0.05) is 24.3 Å². The van der Waals surface area contributed by atoms with Gasteiger partial charge < -0.3 is 14.4 Å². The highest BCUT2D eigenvalue weighted by molar-refractivity contribution is 5.93. The maximum atomic E-state index is 12.7. The van der Waals surface area contributed by atoms with E-state index in [0.29, 0.717) is 12.5 Å². The summed E-state index contributed by atoms with van der Waals surface area (Å²) in [6, 6.07) is 12.6. The molecule has 148 valence electrons. The first kappa shape index (κ1) is 18.7. The van der Waals surface area contributed by atoms with Crippen molar-refractivity contribution < 1.29 is 9.59 Å². The van der Waals surface area contributed by atoms with Gasteiger partial charge in [-0.3, -0.25) is 14.5 Å². The number of hydrogen-bond acceptors (Lipinski definition) is 3. The van der Waals surface area contributed by atoms with E-state index in [0.717, 1.165) is 31.7 Å². The molecular weight excluding hydrogens is 352 g/mol. The number of benzene rings is 1. The highest BCUT2D eigenvalue weighted by Crippen LogP contribution is 2.36. The molecule has 2 aliphatic heterocycles. The van der Waals surface area contributed by atoms with Crippen molar-refractivity contribution in [3.8, 4) is 0 Å². The van der Waals surface area contributed by atoms with E-state index in [1.165, 1.54) is 11.1 Å². The average molecular weight is 380 g/mol. The number of aryl methyl sites for hydroxylation is 1. The van der Waals surface area contributed by atoms with Crippen LogP contribution in [0.3, 0.4) is 0 Å². The van der Waals surface area contributed by atoms with Crippen molar-refractivity contribution in [1.82, 2.24) is 19.3 Å². The molecule has 2 aromatic rings. The zero-order valence-electron chi connectivity index (χ0n) is 16.8. The van der Waals surface area contributed by atoms with E-state index >= 15 is 0 Å². The first-order chi connectivity index (χ1) is 13.5. The molecule has 2 aliphatic rings. The van der Waals surface area contributed by atoms with Crippen LogP contribution in [-0.2, 0) is 18.3 Å². The standard InChI is InChI=1S/C22H28N4O2/c1-23(2)21(27)13-20-18-8-5-4-7-16(18)10-12-26(20)17-14-25(15-17)22(28)19-9-6-11-24(19)3/h4-9,11,17,20H,10,12-15H2,1-3H3. The topological polar surface area (TPSA) is 48.8 Å². The molecule has 0 aliphatic carbocycles. The van der Waals surface area contributed by atoms with Crippen LogP contribution in [0.1, 0.15) is 34.1 Å². The smallest absolute Gasteiger partial charge is 0.270 e. The van der Waals surface area contributed by atoms with Gasteiger partial charge in [0.05, 0.1) is 0 Å². The fourth-order valence-corrected chi connectivity index (χ4v) is 4.36. The molecule has 0 radical (unpaired) electrons. The number of likely N-dealkylation sites (tertiary alicyclic amines) is 1. The summed E-state index contributed by atoms with van der Waals surface area (Å²) in [7, 11) is 5.52. The Balaban J connectivity index is 1.50. The quantitative estimate of drug-likeness (QED) is 0.814. The molecule has 0 spiro atoms. The van der Waals surface area contributed by atoms with Gasteiger partial charge in [-0.25, -0.2) is 0 Å². The number of carbonyl (C=O) groups is 2. The maximum Gasteiger partial charge on any atom is 0.270 e. The van der Waals surface area contributed by atoms with Crippen molar-refractivity contribution in [1.29, 1.82) is 0 Å². The lowest BCUT2D eigenvalue weighted by Crippen LogP contribution is -2.63. The number of rotatable bonds is 4. The molecule has 1 saturated heterocycles. The molecule has 4 rings (SSSR count). The van der Waals surface area contributed by atoms with Crippen LogP contribution in [0.4, 0.5) is 0 Å². The average Bonchev–Trinajstić information content (AvgIpc) is 3.07. The van der Waals surface area contributed by atoms with Crippen molar-refractivity contribution in [3.63, 3.8) is 0 Å². The Labute approximate surface area is 166 Å². The highest BCUT2D eigenvalue weighted by Gasteiger charge is 2.41. The number of nitrogens with zero attached hydrogens (tertiary/aromatic N) is 4. The van der Waals surface area contributed by atoms with E-state index < -0.39 is 0 Å². The minimum atomic E-state index is 0.0807. The summed E-state index contributed by atoms with van der Waals surface area (Å²) < 4.78 is 1.87. The van der Waals surface area contributed by atoms with Gasteiger partial charge in [0.1, 0.15) is 5.69 Å². The van der Waals surface area contributed by atoms with E-state index in [2.05, 4.69) is 29.2 Å². The molecule has 28 heavy (non-hydrogen) atoms. The first-order valence-corrected chi connectivity index (χ1v) is 9.90. The van der Waals surface area contributed by atoms with Gasteiger partial charge in [0.15, 0.2) is 0 Å². The van der Waals surface area contributed by atoms with E-state index in [4.69, 9.17) is 0 Å². The molecule has 6 nitrogen and oxygen atoms in total. The van der Waals surface area contributed by atoms with Crippen LogP contribution in [0.15, 0.2) is 42.6 Å². The molecule has 0 bridgehead atoms. The zero-order valence-corrected chi connectivity index (χ0v) is 16.8. The second kappa shape index (κ2) is 7.43. The number of fused-ring (bicyclic) bond motifs is 1. The largest absolute Gasteiger partial charge is 0.349 e. The van der Waals surface area contributed by atoms with Crippen molar-refractivity contribution >= 4 is 11.8 Å². The van der Waals surface area contributed by atoms with Crippen LogP contribution in [0, 0.1) is 0 Å². The summed E-state index contributed by atoms with van der Waals surface area (Å²) in [5.74, 6) is 0.227. The minimum absolute atomic E-state index is 0.0807. The number of hydrogen-bond donors (Lipinski definition) is 0. The zero-order chi connectivity index (χ0) is 19.8. The summed E-state index contributed by atoms with van der Waals surface area (Å²) in [5.41, 5.74) is 3.32. The molecule has 0 saturated carbocycles. The van der Waals surface area contributed by atoms with Crippen molar-refractivity contribution in [3.05, 3.63) is 59.4 Å². The monoisotopic (exact) mass is 380 g/mol. The lowest BCUT2D eigenvalue weighted by Gasteiger charge is -2.50. The van der Waals surface area contributed by atoms with Gasteiger partial charge in [-0.05, 0) is 29.7 Å². The third kappa shape index (κ3) is 3.33. The van der Waals surface area contributed by atoms with E-state index in [1.807, 2.05) is 48.9 Å². The fourth-order valence-electron chi connectivity index (χ4n) is 4.36. The Morgan fingerprint density at radius 1 is 1.11 bits per heavy atom. The first-order valence-electron chi connectivity index (χ1n) is 9.90. The Morgan fingerprint density at radius 2 is 1.86 bits per heavy atom. The molecule has 0 N–H and O–H groups in total. The van der Waals surface area contributed by atoms with E-state index in [-0.39, 0.29) is 17.9 Å². The Kier molecular flexibility index (Phi) is 4.98. The third-order valence-corrected chi connectivity index (χ3v) is 6.10. The molecule has 3 heterocycles. The van der Waals surface area contributed by atoms with Crippen LogP contribution in [0.25, 0.3) is 0 Å². The lowest BCUT2D eigenvalue weighted by atomic mass is 9.88. The van der Waals surface area contributed by atoms with Crippen LogP contribution >= 0.6 is 0 Å². The number of carbonyl (C=O) groups excluding carboxylic acids is 2. The van der Waals surface area contributed by atoms with Gasteiger partial charge in [0, 0.05) is 65.5 Å². The van der Waals surface area contributed by atoms with E-state index in [9.17, 15) is 9.59 Å². The summed E-state index contributed by atoms with van der Waals surface area (Å²) >= 11 is 0. The summed E-state index contributed by atoms with van der Waals surface area (Å²) in [5, 5.41) is 0. The SMILES string of the molecule is CN(C)C(=O)CC1c2ccccc2CCN1C1CN(C(=O)c2cccn2C)C1. The predicted octanol–water partition coefficient (Wildman–Crippen LogP) is 1.93. The van der Waals surface area contributed by atoms with Gasteiger partial charge in [0.25, 0.3) is 5.91 Å². The second-order valence-electron chi connectivity index (χ2n) is 8.06. The molecule has 1 fully saturated rings. The van der Waals surface area contributed by atoms with Crippen molar-refractivity contribution in [2.24, 2.45) is 7.05 Å². The molecule has 2 amide bonds. The normalized spacial score (nSPS) is 19.8. The summed E-state index contributed by atoms with van der Waals surface area (Å²) in [6.45, 7) is 2.37. The van der Waals surface area contributed by atoms with Gasteiger partial charge in [0.2, 0.25) is 5.91 Å². The maximum absolute atomic E-state index is 12.7. The van der Waals surface area contributed by atoms with Gasteiger partial charge >= 0.3 is 0 Å². The number of aromatic nitrogens is 1. The Bertz CT molecular complexity index is 882.